The zero-order valence-electron chi connectivity index (χ0n) is 16.1. The van der Waals surface area contributed by atoms with Crippen LogP contribution in [0.3, 0.4) is 0 Å². The fourth-order valence-electron chi connectivity index (χ4n) is 3.26. The average Bonchev–Trinajstić information content (AvgIpc) is 3.55. The molecular weight excluding hydrogens is 551 g/mol. The number of pyridine rings is 1. The van der Waals surface area contributed by atoms with E-state index in [0.717, 1.165) is 0 Å². The molecule has 1 N–H and O–H groups in total. The van der Waals surface area contributed by atoms with Crippen molar-refractivity contribution < 1.29 is 22.5 Å². The Morgan fingerprint density at radius 1 is 1.22 bits per heavy atom. The van der Waals surface area contributed by atoms with Crippen LogP contribution in [0, 0.1) is 5.92 Å². The van der Waals surface area contributed by atoms with E-state index in [2.05, 4.69) is 20.9 Å². The van der Waals surface area contributed by atoms with Crippen LogP contribution >= 0.6 is 39.3 Å². The molecule has 1 saturated carbocycles. The molecule has 2 aromatic carbocycles. The van der Waals surface area contributed by atoms with Crippen molar-refractivity contribution in [3.8, 4) is 0 Å². The number of carbonyl (C=O) groups excluding carboxylic acids is 1. The summed E-state index contributed by atoms with van der Waals surface area (Å²) in [4.78, 5) is 29.1. The van der Waals surface area contributed by atoms with Crippen molar-refractivity contribution in [1.29, 1.82) is 0 Å². The van der Waals surface area contributed by atoms with Crippen LogP contribution in [0.15, 0.2) is 55.6 Å². The van der Waals surface area contributed by atoms with Crippen molar-refractivity contribution >= 4 is 67.2 Å². The smallest absolute Gasteiger partial charge is 0.446 e. The Morgan fingerprint density at radius 2 is 1.88 bits per heavy atom. The Kier molecular flexibility index (Phi) is 6.71. The van der Waals surface area contributed by atoms with E-state index in [0.29, 0.717) is 28.4 Å². The van der Waals surface area contributed by atoms with Gasteiger partial charge in [0.05, 0.1) is 15.9 Å². The van der Waals surface area contributed by atoms with Gasteiger partial charge in [-0.15, -0.1) is 0 Å². The Morgan fingerprint density at radius 3 is 2.47 bits per heavy atom. The molecule has 0 radical (unpaired) electrons. The van der Waals surface area contributed by atoms with E-state index < -0.39 is 22.1 Å². The fourth-order valence-corrected chi connectivity index (χ4v) is 5.74. The fraction of sp³-hybridized carbons (Fsp3) is 0.238. The van der Waals surface area contributed by atoms with Gasteiger partial charge in [0.2, 0.25) is 10.5 Å². The van der Waals surface area contributed by atoms with Crippen LogP contribution in [0.2, 0.25) is 5.02 Å². The predicted molar refractivity (Wildman–Crippen MR) is 123 cm³/mol. The Balaban J connectivity index is 1.74. The summed E-state index contributed by atoms with van der Waals surface area (Å²) >= 11 is 7.49. The van der Waals surface area contributed by atoms with Gasteiger partial charge >= 0.3 is 5.51 Å². The van der Waals surface area contributed by atoms with E-state index in [1.54, 1.807) is 6.07 Å². The van der Waals surface area contributed by atoms with Crippen molar-refractivity contribution in [2.75, 3.05) is 0 Å². The molecule has 4 rings (SSSR count). The van der Waals surface area contributed by atoms with E-state index in [9.17, 15) is 27.3 Å². The van der Waals surface area contributed by atoms with Crippen LogP contribution in [0.4, 0.5) is 13.2 Å². The number of thioether (sulfide) groups is 1. The number of aromatic amines is 1. The van der Waals surface area contributed by atoms with Crippen LogP contribution in [-0.4, -0.2) is 20.8 Å². The molecule has 11 heteroatoms. The second-order valence-electron chi connectivity index (χ2n) is 7.26. The largest absolute Gasteiger partial charge is 0.610 e. The molecule has 1 fully saturated rings. The van der Waals surface area contributed by atoms with Crippen LogP contribution in [-0.2, 0) is 16.9 Å². The minimum Gasteiger partial charge on any atom is -0.610 e. The molecule has 1 aliphatic rings. The number of rotatable bonds is 6. The summed E-state index contributed by atoms with van der Waals surface area (Å²) < 4.78 is 51.3. The Labute approximate surface area is 201 Å². The van der Waals surface area contributed by atoms with Crippen molar-refractivity contribution in [2.24, 2.45) is 5.92 Å². The quantitative estimate of drug-likeness (QED) is 0.212. The molecule has 1 aliphatic carbocycles. The molecule has 0 aliphatic heterocycles. The van der Waals surface area contributed by atoms with Gasteiger partial charge in [0.1, 0.15) is 11.3 Å². The third-order valence-electron chi connectivity index (χ3n) is 4.90. The first-order valence-corrected chi connectivity index (χ1v) is 12.7. The first kappa shape index (κ1) is 23.7. The summed E-state index contributed by atoms with van der Waals surface area (Å²) in [5.74, 6) is -0.736. The summed E-state index contributed by atoms with van der Waals surface area (Å²) in [6.07, 6.45) is 1.32. The van der Waals surface area contributed by atoms with Gasteiger partial charge in [-0.05, 0) is 64.8 Å². The van der Waals surface area contributed by atoms with E-state index in [4.69, 9.17) is 11.6 Å². The highest BCUT2D eigenvalue weighted by Gasteiger charge is 2.37. The minimum atomic E-state index is -4.40. The van der Waals surface area contributed by atoms with E-state index in [1.807, 2.05) is 0 Å². The van der Waals surface area contributed by atoms with Gasteiger partial charge in [-0.1, -0.05) is 23.7 Å². The van der Waals surface area contributed by atoms with Gasteiger partial charge in [-0.2, -0.15) is 13.2 Å². The van der Waals surface area contributed by atoms with E-state index in [-0.39, 0.29) is 55.1 Å². The van der Waals surface area contributed by atoms with Gasteiger partial charge in [-0.25, -0.2) is 0 Å². The van der Waals surface area contributed by atoms with Crippen LogP contribution in [0.25, 0.3) is 10.9 Å². The zero-order chi connectivity index (χ0) is 23.2. The number of alkyl halides is 3. The van der Waals surface area contributed by atoms with E-state index >= 15 is 0 Å². The first-order chi connectivity index (χ1) is 15.0. The second kappa shape index (κ2) is 9.06. The molecule has 3 aromatic rings. The molecule has 1 atom stereocenters. The summed E-state index contributed by atoms with van der Waals surface area (Å²) in [6, 6.07) is 8.64. The third-order valence-corrected chi connectivity index (χ3v) is 7.97. The second-order valence-corrected chi connectivity index (χ2v) is 11.0. The number of Topliss-reactive ketones (excluding diaryl/α,β-unsaturated/α-hetero) is 1. The van der Waals surface area contributed by atoms with Crippen molar-refractivity contribution in [3.63, 3.8) is 0 Å². The molecule has 32 heavy (non-hydrogen) atoms. The van der Waals surface area contributed by atoms with Gasteiger partial charge in [0.25, 0.3) is 0 Å². The number of benzene rings is 2. The van der Waals surface area contributed by atoms with Crippen molar-refractivity contribution in [1.82, 2.24) is 4.98 Å². The standard InChI is InChI=1S/C21H14BrClF3NO3S2/c22-13-7-8-14(23)15-17(13)27-20(16(19(15)29)18(28)11-3-4-11)32(30)9-10-1-5-12(6-2-10)31-21(24,25)26/h1-2,5-8,11H,3-4,9H2,(H,27,29). The van der Waals surface area contributed by atoms with Gasteiger partial charge in [0, 0.05) is 32.0 Å². The third kappa shape index (κ3) is 5.04. The maximum Gasteiger partial charge on any atom is 0.446 e. The summed E-state index contributed by atoms with van der Waals surface area (Å²) in [7, 11) is 0. The van der Waals surface area contributed by atoms with Crippen molar-refractivity contribution in [3.05, 3.63) is 67.2 Å². The Hall–Kier alpha value is -1.46. The lowest BCUT2D eigenvalue weighted by atomic mass is 10.1. The maximum atomic E-state index is 13.2. The normalized spacial score (nSPS) is 15.2. The average molecular weight is 565 g/mol. The van der Waals surface area contributed by atoms with Crippen LogP contribution in [0.1, 0.15) is 28.8 Å². The lowest BCUT2D eigenvalue weighted by molar-refractivity contribution is -0.0328. The number of ketones is 1. The number of H-pyrrole nitrogens is 1. The summed E-state index contributed by atoms with van der Waals surface area (Å²) in [6.45, 7) is 0. The van der Waals surface area contributed by atoms with Crippen LogP contribution in [0.5, 0.6) is 0 Å². The SMILES string of the molecule is O=C(c1c([S+]([O-])Cc2ccc(SC(F)(F)F)cc2)[nH]c2c(Br)ccc(Cl)c2c1=O)C1CC1. The molecule has 0 bridgehead atoms. The summed E-state index contributed by atoms with van der Waals surface area (Å²) in [5.41, 5.74) is -4.31. The highest BCUT2D eigenvalue weighted by molar-refractivity contribution is 9.10. The zero-order valence-corrected chi connectivity index (χ0v) is 20.1. The lowest BCUT2D eigenvalue weighted by Crippen LogP contribution is -2.24. The number of fused-ring (bicyclic) bond motifs is 1. The highest BCUT2D eigenvalue weighted by atomic mass is 79.9. The Bertz CT molecular complexity index is 1260. The minimum absolute atomic E-state index is 0.00360. The number of halogens is 5. The molecule has 168 valence electrons. The van der Waals surface area contributed by atoms with Gasteiger partial charge < -0.3 is 9.54 Å². The molecule has 1 unspecified atom stereocenters. The maximum absolute atomic E-state index is 13.2. The lowest BCUT2D eigenvalue weighted by Gasteiger charge is -2.16. The number of aromatic nitrogens is 1. The number of hydrogen-bond donors (Lipinski definition) is 1. The monoisotopic (exact) mass is 563 g/mol. The predicted octanol–water partition coefficient (Wildman–Crippen LogP) is 6.46. The first-order valence-electron chi connectivity index (χ1n) is 9.36. The number of carbonyl (C=O) groups is 1. The highest BCUT2D eigenvalue weighted by Crippen LogP contribution is 2.38. The van der Waals surface area contributed by atoms with Gasteiger partial charge in [-0.3, -0.25) is 9.59 Å². The van der Waals surface area contributed by atoms with Gasteiger partial charge in [0.15, 0.2) is 5.78 Å². The topological polar surface area (TPSA) is 73.0 Å². The van der Waals surface area contributed by atoms with E-state index in [1.165, 1.54) is 30.3 Å². The molecular formula is C21H14BrClF3NO3S2. The molecule has 1 aromatic heterocycles. The molecule has 4 nitrogen and oxygen atoms in total. The number of hydrogen-bond acceptors (Lipinski definition) is 4. The molecule has 1 heterocycles. The molecule has 0 saturated heterocycles. The molecule has 0 amide bonds. The van der Waals surface area contributed by atoms with Crippen molar-refractivity contribution in [2.45, 2.75) is 34.0 Å². The number of nitrogens with one attached hydrogen (secondary N) is 1. The van der Waals surface area contributed by atoms with Crippen LogP contribution < -0.4 is 5.43 Å². The molecule has 0 spiro atoms. The summed E-state index contributed by atoms with van der Waals surface area (Å²) in [5, 5.41) is 0.305.